The fourth-order valence-corrected chi connectivity index (χ4v) is 3.77. The third-order valence-corrected chi connectivity index (χ3v) is 5.38. The number of fused-ring (bicyclic) bond motifs is 1. The molecule has 1 amide bonds. The van der Waals surface area contributed by atoms with Crippen molar-refractivity contribution in [2.45, 2.75) is 6.54 Å². The minimum atomic E-state index is -0.531. The SMILES string of the molecule is O=C(c1ccc([N+](=O)[O-])cc1Cl)N1CCN(Cc2ccc3c(c2)OCCO3)CC1. The van der Waals surface area contributed by atoms with Crippen LogP contribution in [0.1, 0.15) is 15.9 Å². The number of nitro groups is 1. The number of piperazine rings is 1. The lowest BCUT2D eigenvalue weighted by Crippen LogP contribution is -2.48. The lowest BCUT2D eigenvalue weighted by Gasteiger charge is -2.35. The Kier molecular flexibility index (Phi) is 5.55. The average Bonchev–Trinajstić information content (AvgIpc) is 2.73. The van der Waals surface area contributed by atoms with E-state index in [1.807, 2.05) is 18.2 Å². The highest BCUT2D eigenvalue weighted by Crippen LogP contribution is 2.31. The predicted octanol–water partition coefficient (Wildman–Crippen LogP) is 2.98. The van der Waals surface area contributed by atoms with Gasteiger partial charge in [-0.05, 0) is 23.8 Å². The molecule has 0 aromatic heterocycles. The summed E-state index contributed by atoms with van der Waals surface area (Å²) >= 11 is 6.10. The Balaban J connectivity index is 1.36. The molecular weight excluding hydrogens is 398 g/mol. The largest absolute Gasteiger partial charge is 0.486 e. The second-order valence-corrected chi connectivity index (χ2v) is 7.37. The highest BCUT2D eigenvalue weighted by molar-refractivity contribution is 6.34. The summed E-state index contributed by atoms with van der Waals surface area (Å²) < 4.78 is 11.2. The van der Waals surface area contributed by atoms with E-state index >= 15 is 0 Å². The van der Waals surface area contributed by atoms with E-state index in [1.54, 1.807) is 4.90 Å². The quantitative estimate of drug-likeness (QED) is 0.561. The van der Waals surface area contributed by atoms with Gasteiger partial charge in [-0.15, -0.1) is 0 Å². The minimum Gasteiger partial charge on any atom is -0.486 e. The first kappa shape index (κ1) is 19.5. The van der Waals surface area contributed by atoms with E-state index in [1.165, 1.54) is 18.2 Å². The normalized spacial score (nSPS) is 16.5. The van der Waals surface area contributed by atoms with Crippen LogP contribution in [-0.2, 0) is 6.54 Å². The molecule has 0 bridgehead atoms. The number of nitrogens with zero attached hydrogens (tertiary/aromatic N) is 3. The van der Waals surface area contributed by atoms with Gasteiger partial charge >= 0.3 is 0 Å². The zero-order chi connectivity index (χ0) is 20.4. The molecule has 0 N–H and O–H groups in total. The van der Waals surface area contributed by atoms with Gasteiger partial charge in [-0.25, -0.2) is 0 Å². The van der Waals surface area contributed by atoms with Gasteiger partial charge in [0.25, 0.3) is 11.6 Å². The highest BCUT2D eigenvalue weighted by Gasteiger charge is 2.25. The number of non-ortho nitro benzene ring substituents is 1. The lowest BCUT2D eigenvalue weighted by molar-refractivity contribution is -0.384. The van der Waals surface area contributed by atoms with Crippen LogP contribution < -0.4 is 9.47 Å². The fourth-order valence-electron chi connectivity index (χ4n) is 3.51. The number of carbonyl (C=O) groups is 1. The van der Waals surface area contributed by atoms with E-state index in [0.29, 0.717) is 26.3 Å². The summed E-state index contributed by atoms with van der Waals surface area (Å²) in [5.41, 5.74) is 1.29. The minimum absolute atomic E-state index is 0.0999. The molecule has 2 aromatic rings. The van der Waals surface area contributed by atoms with Crippen molar-refractivity contribution in [2.24, 2.45) is 0 Å². The maximum absolute atomic E-state index is 12.7. The van der Waals surface area contributed by atoms with E-state index in [4.69, 9.17) is 21.1 Å². The number of ether oxygens (including phenoxy) is 2. The van der Waals surface area contributed by atoms with E-state index in [2.05, 4.69) is 4.90 Å². The first-order valence-corrected chi connectivity index (χ1v) is 9.73. The lowest BCUT2D eigenvalue weighted by atomic mass is 10.1. The van der Waals surface area contributed by atoms with E-state index in [0.717, 1.165) is 36.7 Å². The summed E-state index contributed by atoms with van der Waals surface area (Å²) in [7, 11) is 0. The van der Waals surface area contributed by atoms with Crippen LogP contribution in [0.2, 0.25) is 5.02 Å². The smallest absolute Gasteiger partial charge is 0.270 e. The molecule has 152 valence electrons. The van der Waals surface area contributed by atoms with Crippen LogP contribution >= 0.6 is 11.6 Å². The van der Waals surface area contributed by atoms with Gasteiger partial charge in [-0.2, -0.15) is 0 Å². The average molecular weight is 418 g/mol. The maximum atomic E-state index is 12.7. The molecule has 0 aliphatic carbocycles. The Hall–Kier alpha value is -2.84. The molecule has 0 atom stereocenters. The van der Waals surface area contributed by atoms with Crippen LogP contribution in [0.15, 0.2) is 36.4 Å². The molecule has 0 saturated carbocycles. The van der Waals surface area contributed by atoms with Crippen LogP contribution in [0.5, 0.6) is 11.5 Å². The molecule has 2 aromatic carbocycles. The van der Waals surface area contributed by atoms with Crippen molar-refractivity contribution in [1.29, 1.82) is 0 Å². The molecule has 1 saturated heterocycles. The van der Waals surface area contributed by atoms with Crippen LogP contribution in [0, 0.1) is 10.1 Å². The summed E-state index contributed by atoms with van der Waals surface area (Å²) in [4.78, 5) is 27.1. The summed E-state index contributed by atoms with van der Waals surface area (Å²) in [5.74, 6) is 1.34. The first-order valence-electron chi connectivity index (χ1n) is 9.35. The molecule has 0 radical (unpaired) electrons. The number of rotatable bonds is 4. The Labute approximate surface area is 172 Å². The van der Waals surface area contributed by atoms with Crippen LogP contribution in [0.25, 0.3) is 0 Å². The topological polar surface area (TPSA) is 85.2 Å². The van der Waals surface area contributed by atoms with Crippen molar-refractivity contribution in [3.8, 4) is 11.5 Å². The van der Waals surface area contributed by atoms with Crippen molar-refractivity contribution >= 4 is 23.2 Å². The van der Waals surface area contributed by atoms with Gasteiger partial charge in [-0.3, -0.25) is 19.8 Å². The van der Waals surface area contributed by atoms with Gasteiger partial charge in [0.05, 0.1) is 15.5 Å². The molecule has 0 unspecified atom stereocenters. The number of amides is 1. The van der Waals surface area contributed by atoms with Gasteiger partial charge in [-0.1, -0.05) is 17.7 Å². The molecule has 2 aliphatic rings. The van der Waals surface area contributed by atoms with E-state index < -0.39 is 4.92 Å². The zero-order valence-electron chi connectivity index (χ0n) is 15.7. The third kappa shape index (κ3) is 4.28. The Bertz CT molecular complexity index is 944. The van der Waals surface area contributed by atoms with Crippen LogP contribution in [0.4, 0.5) is 5.69 Å². The molecule has 8 nitrogen and oxygen atoms in total. The monoisotopic (exact) mass is 417 g/mol. The van der Waals surface area contributed by atoms with Gasteiger partial charge in [0, 0.05) is 44.9 Å². The Morgan fingerprint density at radius 2 is 1.76 bits per heavy atom. The maximum Gasteiger partial charge on any atom is 0.270 e. The number of carbonyl (C=O) groups excluding carboxylic acids is 1. The molecule has 4 rings (SSSR count). The van der Waals surface area contributed by atoms with Crippen molar-refractivity contribution in [3.63, 3.8) is 0 Å². The van der Waals surface area contributed by atoms with Gasteiger partial charge in [0.15, 0.2) is 11.5 Å². The second kappa shape index (κ2) is 8.26. The molecule has 9 heteroatoms. The zero-order valence-corrected chi connectivity index (χ0v) is 16.4. The van der Waals surface area contributed by atoms with Gasteiger partial charge in [0.2, 0.25) is 0 Å². The van der Waals surface area contributed by atoms with Crippen molar-refractivity contribution in [3.05, 3.63) is 62.7 Å². The molecule has 2 aliphatic heterocycles. The Morgan fingerprint density at radius 3 is 2.45 bits per heavy atom. The van der Waals surface area contributed by atoms with Crippen molar-refractivity contribution in [2.75, 3.05) is 39.4 Å². The highest BCUT2D eigenvalue weighted by atomic mass is 35.5. The second-order valence-electron chi connectivity index (χ2n) is 6.97. The number of benzene rings is 2. The molecular formula is C20H20ClN3O5. The predicted molar refractivity (Wildman–Crippen MR) is 107 cm³/mol. The number of hydrogen-bond acceptors (Lipinski definition) is 6. The van der Waals surface area contributed by atoms with Gasteiger partial charge in [0.1, 0.15) is 13.2 Å². The Morgan fingerprint density at radius 1 is 1.03 bits per heavy atom. The molecule has 29 heavy (non-hydrogen) atoms. The van der Waals surface area contributed by atoms with Gasteiger partial charge < -0.3 is 14.4 Å². The fraction of sp³-hybridized carbons (Fsp3) is 0.350. The molecule has 1 fully saturated rings. The summed E-state index contributed by atoms with van der Waals surface area (Å²) in [6.07, 6.45) is 0. The van der Waals surface area contributed by atoms with Crippen molar-refractivity contribution < 1.29 is 19.2 Å². The van der Waals surface area contributed by atoms with E-state index in [-0.39, 0.29) is 22.2 Å². The summed E-state index contributed by atoms with van der Waals surface area (Å²) in [6, 6.07) is 9.90. The standard InChI is InChI=1S/C20H20ClN3O5/c21-17-12-15(24(26)27)2-3-16(17)20(25)23-7-5-22(6-8-23)13-14-1-4-18-19(11-14)29-10-9-28-18/h1-4,11-12H,5-10,13H2. The number of nitro benzene ring substituents is 1. The first-order chi connectivity index (χ1) is 14.0. The summed E-state index contributed by atoms with van der Waals surface area (Å²) in [6.45, 7) is 4.48. The number of hydrogen-bond donors (Lipinski definition) is 0. The van der Waals surface area contributed by atoms with E-state index in [9.17, 15) is 14.9 Å². The summed E-state index contributed by atoms with van der Waals surface area (Å²) in [5, 5.41) is 10.9. The van der Waals surface area contributed by atoms with Crippen LogP contribution in [-0.4, -0.2) is 60.0 Å². The van der Waals surface area contributed by atoms with Crippen LogP contribution in [0.3, 0.4) is 0 Å². The third-order valence-electron chi connectivity index (χ3n) is 5.07. The molecule has 0 spiro atoms. The number of halogens is 1. The molecule has 2 heterocycles. The van der Waals surface area contributed by atoms with Crippen molar-refractivity contribution in [1.82, 2.24) is 9.80 Å².